The Labute approximate surface area is 194 Å². The zero-order valence-electron chi connectivity index (χ0n) is 18.4. The second-order valence-electron chi connectivity index (χ2n) is 7.76. The summed E-state index contributed by atoms with van der Waals surface area (Å²) in [5.74, 6) is 0.466. The lowest BCUT2D eigenvalue weighted by atomic mass is 10.2. The number of non-ortho nitro benzene ring substituents is 1. The van der Waals surface area contributed by atoms with E-state index in [0.717, 1.165) is 24.3 Å². The maximum atomic E-state index is 12.4. The largest absolute Gasteiger partial charge is 0.378 e. The van der Waals surface area contributed by atoms with Gasteiger partial charge in [0, 0.05) is 42.6 Å². The van der Waals surface area contributed by atoms with Gasteiger partial charge in [-0.3, -0.25) is 14.9 Å². The van der Waals surface area contributed by atoms with E-state index in [2.05, 4.69) is 29.2 Å². The second-order valence-corrected chi connectivity index (χ2v) is 9.31. The van der Waals surface area contributed by atoms with Crippen molar-refractivity contribution in [3.05, 3.63) is 46.1 Å². The number of hydrogen-bond acceptors (Lipinski definition) is 9. The van der Waals surface area contributed by atoms with Crippen LogP contribution in [0.25, 0.3) is 11.0 Å². The third kappa shape index (κ3) is 5.40. The molecule has 1 aromatic carbocycles. The Kier molecular flexibility index (Phi) is 7.04. The number of carbonyl (C=O) groups excluding carboxylic acids is 1. The highest BCUT2D eigenvalue weighted by atomic mass is 32.2. The number of nitro benzene ring substituents is 1. The number of anilines is 1. The van der Waals surface area contributed by atoms with Gasteiger partial charge >= 0.3 is 0 Å². The molecule has 33 heavy (non-hydrogen) atoms. The molecule has 0 bridgehead atoms. The van der Waals surface area contributed by atoms with Crippen molar-refractivity contribution in [2.45, 2.75) is 30.8 Å². The van der Waals surface area contributed by atoms with Gasteiger partial charge in [-0.1, -0.05) is 31.7 Å². The van der Waals surface area contributed by atoms with Crippen molar-refractivity contribution in [1.29, 1.82) is 0 Å². The average Bonchev–Trinajstić information content (AvgIpc) is 3.21. The molecule has 174 valence electrons. The number of morpholine rings is 1. The van der Waals surface area contributed by atoms with Crippen LogP contribution in [-0.4, -0.2) is 68.7 Å². The molecule has 11 nitrogen and oxygen atoms in total. The lowest BCUT2D eigenvalue weighted by Crippen LogP contribution is -2.37. The number of fused-ring (bicyclic) bond motifs is 1. The summed E-state index contributed by atoms with van der Waals surface area (Å²) in [5.41, 5.74) is 0.824. The molecule has 1 fully saturated rings. The summed E-state index contributed by atoms with van der Waals surface area (Å²) in [7, 11) is 0. The molecule has 0 atom stereocenters. The zero-order valence-corrected chi connectivity index (χ0v) is 19.2. The fourth-order valence-electron chi connectivity index (χ4n) is 3.50. The number of ether oxygens (including phenoxy) is 1. The first-order chi connectivity index (χ1) is 15.9. The molecule has 4 rings (SSSR count). The van der Waals surface area contributed by atoms with Crippen LogP contribution in [0.1, 0.15) is 24.2 Å². The van der Waals surface area contributed by atoms with Crippen LogP contribution in [0.3, 0.4) is 0 Å². The summed E-state index contributed by atoms with van der Waals surface area (Å²) in [6.45, 7) is 7.68. The van der Waals surface area contributed by atoms with Crippen molar-refractivity contribution in [2.75, 3.05) is 37.7 Å². The van der Waals surface area contributed by atoms with Crippen molar-refractivity contribution < 1.29 is 14.5 Å². The standard InChI is InChI=1S/C21H25N7O4S/c1-14(2)33-21-24-18(26-8-10-32-11-9-26)17-13-23-27(19(17)25-21)7-6-22-20(29)15-4-3-5-16(12-15)28(30)31/h3-5,12-14H,6-11H2,1-2H3,(H,22,29). The Hall–Kier alpha value is -3.25. The van der Waals surface area contributed by atoms with E-state index in [4.69, 9.17) is 14.7 Å². The summed E-state index contributed by atoms with van der Waals surface area (Å²) in [6, 6.07) is 5.65. The molecular formula is C21H25N7O4S. The molecule has 1 N–H and O–H groups in total. The lowest BCUT2D eigenvalue weighted by Gasteiger charge is -2.28. The molecule has 0 unspecified atom stereocenters. The smallest absolute Gasteiger partial charge is 0.270 e. The molecule has 1 saturated heterocycles. The summed E-state index contributed by atoms with van der Waals surface area (Å²) < 4.78 is 7.23. The van der Waals surface area contributed by atoms with E-state index in [9.17, 15) is 14.9 Å². The summed E-state index contributed by atoms with van der Waals surface area (Å²) in [4.78, 5) is 34.6. The highest BCUT2D eigenvalue weighted by Gasteiger charge is 2.21. The van der Waals surface area contributed by atoms with Crippen molar-refractivity contribution >= 4 is 40.2 Å². The van der Waals surface area contributed by atoms with Gasteiger partial charge in [-0.15, -0.1) is 0 Å². The number of thioether (sulfide) groups is 1. The summed E-state index contributed by atoms with van der Waals surface area (Å²) in [5, 5.41) is 20.1. The predicted molar refractivity (Wildman–Crippen MR) is 125 cm³/mol. The van der Waals surface area contributed by atoms with Crippen LogP contribution in [0.2, 0.25) is 0 Å². The average molecular weight is 472 g/mol. The number of rotatable bonds is 8. The molecule has 12 heteroatoms. The Morgan fingerprint density at radius 3 is 2.82 bits per heavy atom. The van der Waals surface area contributed by atoms with Crippen molar-refractivity contribution in [3.8, 4) is 0 Å². The molecule has 0 spiro atoms. The van der Waals surface area contributed by atoms with E-state index in [1.807, 2.05) is 0 Å². The fourth-order valence-corrected chi connectivity index (χ4v) is 4.20. The fraction of sp³-hybridized carbons (Fsp3) is 0.429. The van der Waals surface area contributed by atoms with Gasteiger partial charge in [0.2, 0.25) is 0 Å². The van der Waals surface area contributed by atoms with E-state index >= 15 is 0 Å². The molecule has 3 aromatic rings. The van der Waals surface area contributed by atoms with E-state index in [1.54, 1.807) is 28.7 Å². The minimum Gasteiger partial charge on any atom is -0.378 e. The van der Waals surface area contributed by atoms with Crippen LogP contribution in [0.15, 0.2) is 35.6 Å². The molecule has 2 aromatic heterocycles. The lowest BCUT2D eigenvalue weighted by molar-refractivity contribution is -0.384. The molecule has 1 aliphatic rings. The van der Waals surface area contributed by atoms with E-state index in [1.165, 1.54) is 18.2 Å². The molecule has 1 aliphatic heterocycles. The normalized spacial score (nSPS) is 14.1. The number of carbonyl (C=O) groups is 1. The van der Waals surface area contributed by atoms with Gasteiger partial charge in [0.25, 0.3) is 11.6 Å². The quantitative estimate of drug-likeness (QED) is 0.228. The predicted octanol–water partition coefficient (Wildman–Crippen LogP) is 2.50. The van der Waals surface area contributed by atoms with Crippen LogP contribution in [0, 0.1) is 10.1 Å². The van der Waals surface area contributed by atoms with Gasteiger partial charge < -0.3 is 15.0 Å². The summed E-state index contributed by atoms with van der Waals surface area (Å²) in [6.07, 6.45) is 1.76. The number of nitrogens with zero attached hydrogens (tertiary/aromatic N) is 6. The molecule has 0 aliphatic carbocycles. The Morgan fingerprint density at radius 2 is 2.09 bits per heavy atom. The second kappa shape index (κ2) is 10.1. The first-order valence-electron chi connectivity index (χ1n) is 10.7. The maximum Gasteiger partial charge on any atom is 0.270 e. The minimum absolute atomic E-state index is 0.122. The van der Waals surface area contributed by atoms with Crippen LogP contribution in [-0.2, 0) is 11.3 Å². The monoisotopic (exact) mass is 471 g/mol. The number of nitro groups is 1. The van der Waals surface area contributed by atoms with Crippen LogP contribution in [0.5, 0.6) is 0 Å². The third-order valence-electron chi connectivity index (χ3n) is 5.04. The van der Waals surface area contributed by atoms with Crippen LogP contribution < -0.4 is 10.2 Å². The van der Waals surface area contributed by atoms with Crippen molar-refractivity contribution in [2.24, 2.45) is 0 Å². The van der Waals surface area contributed by atoms with Crippen LogP contribution in [0.4, 0.5) is 11.5 Å². The van der Waals surface area contributed by atoms with Gasteiger partial charge in [0.15, 0.2) is 10.8 Å². The first kappa shape index (κ1) is 22.9. The van der Waals surface area contributed by atoms with Gasteiger partial charge in [0.1, 0.15) is 5.82 Å². The molecule has 0 saturated carbocycles. The molecule has 3 heterocycles. The van der Waals surface area contributed by atoms with Gasteiger partial charge in [-0.2, -0.15) is 5.10 Å². The molecule has 0 radical (unpaired) electrons. The number of benzene rings is 1. The zero-order chi connectivity index (χ0) is 23.4. The molecular weight excluding hydrogens is 446 g/mol. The highest BCUT2D eigenvalue weighted by Crippen LogP contribution is 2.29. The van der Waals surface area contributed by atoms with Gasteiger partial charge in [-0.25, -0.2) is 14.6 Å². The van der Waals surface area contributed by atoms with Gasteiger partial charge in [0.05, 0.1) is 36.3 Å². The van der Waals surface area contributed by atoms with Gasteiger partial charge in [-0.05, 0) is 6.07 Å². The number of amides is 1. The van der Waals surface area contributed by atoms with E-state index in [0.29, 0.717) is 42.4 Å². The van der Waals surface area contributed by atoms with Crippen molar-refractivity contribution in [1.82, 2.24) is 25.1 Å². The van der Waals surface area contributed by atoms with Crippen molar-refractivity contribution in [3.63, 3.8) is 0 Å². The number of nitrogens with one attached hydrogen (secondary N) is 1. The van der Waals surface area contributed by atoms with E-state index in [-0.39, 0.29) is 17.2 Å². The Balaban J connectivity index is 1.52. The SMILES string of the molecule is CC(C)Sc1nc(N2CCOCC2)c2cnn(CCNC(=O)c3cccc([N+](=O)[O-])c3)c2n1. The number of hydrogen-bond donors (Lipinski definition) is 1. The molecule has 1 amide bonds. The first-order valence-corrected chi connectivity index (χ1v) is 11.6. The Morgan fingerprint density at radius 1 is 1.30 bits per heavy atom. The topological polar surface area (TPSA) is 128 Å². The maximum absolute atomic E-state index is 12.4. The Bertz CT molecular complexity index is 1160. The minimum atomic E-state index is -0.523. The van der Waals surface area contributed by atoms with Crippen LogP contribution >= 0.6 is 11.8 Å². The number of aromatic nitrogens is 4. The summed E-state index contributed by atoms with van der Waals surface area (Å²) >= 11 is 1.59. The third-order valence-corrected chi connectivity index (χ3v) is 5.90. The van der Waals surface area contributed by atoms with E-state index < -0.39 is 4.92 Å². The highest BCUT2D eigenvalue weighted by molar-refractivity contribution is 7.99.